The SMILES string of the molecule is CC1CC1NCC1CCC(NC(=O)c2ccccc2)CC1. The van der Waals surface area contributed by atoms with E-state index in [2.05, 4.69) is 17.6 Å². The van der Waals surface area contributed by atoms with Gasteiger partial charge in [-0.1, -0.05) is 25.1 Å². The number of carbonyl (C=O) groups is 1. The molecule has 0 saturated heterocycles. The molecule has 114 valence electrons. The van der Waals surface area contributed by atoms with Crippen molar-refractivity contribution in [3.63, 3.8) is 0 Å². The highest BCUT2D eigenvalue weighted by Crippen LogP contribution is 2.30. The molecule has 2 saturated carbocycles. The second-order valence-corrected chi connectivity index (χ2v) is 6.78. The summed E-state index contributed by atoms with van der Waals surface area (Å²) in [6.45, 7) is 3.47. The van der Waals surface area contributed by atoms with E-state index in [9.17, 15) is 4.79 Å². The lowest BCUT2D eigenvalue weighted by atomic mass is 9.86. The fraction of sp³-hybridized carbons (Fsp3) is 0.611. The Kier molecular flexibility index (Phi) is 4.59. The first-order chi connectivity index (χ1) is 10.2. The Morgan fingerprint density at radius 1 is 1.14 bits per heavy atom. The summed E-state index contributed by atoms with van der Waals surface area (Å²) in [7, 11) is 0. The summed E-state index contributed by atoms with van der Waals surface area (Å²) in [6, 6.07) is 10.7. The van der Waals surface area contributed by atoms with Gasteiger partial charge in [0, 0.05) is 17.6 Å². The first-order valence-electron chi connectivity index (χ1n) is 8.31. The van der Waals surface area contributed by atoms with Crippen LogP contribution in [0.1, 0.15) is 49.4 Å². The molecule has 2 N–H and O–H groups in total. The molecule has 3 nitrogen and oxygen atoms in total. The maximum absolute atomic E-state index is 12.1. The quantitative estimate of drug-likeness (QED) is 0.873. The Morgan fingerprint density at radius 3 is 2.43 bits per heavy atom. The molecule has 0 bridgehead atoms. The Bertz CT molecular complexity index is 465. The molecule has 0 radical (unpaired) electrons. The van der Waals surface area contributed by atoms with Crippen LogP contribution in [0.5, 0.6) is 0 Å². The molecule has 2 aliphatic rings. The van der Waals surface area contributed by atoms with Crippen molar-refractivity contribution in [3.05, 3.63) is 35.9 Å². The number of nitrogens with one attached hydrogen (secondary N) is 2. The van der Waals surface area contributed by atoms with E-state index in [1.54, 1.807) is 0 Å². The summed E-state index contributed by atoms with van der Waals surface area (Å²) < 4.78 is 0. The van der Waals surface area contributed by atoms with E-state index in [4.69, 9.17) is 0 Å². The van der Waals surface area contributed by atoms with E-state index in [0.717, 1.165) is 42.8 Å². The topological polar surface area (TPSA) is 41.1 Å². The van der Waals surface area contributed by atoms with E-state index in [0.29, 0.717) is 6.04 Å². The minimum absolute atomic E-state index is 0.0731. The van der Waals surface area contributed by atoms with Gasteiger partial charge in [0.15, 0.2) is 0 Å². The van der Waals surface area contributed by atoms with Crippen molar-refractivity contribution in [1.82, 2.24) is 10.6 Å². The monoisotopic (exact) mass is 286 g/mol. The van der Waals surface area contributed by atoms with Gasteiger partial charge in [-0.25, -0.2) is 0 Å². The average Bonchev–Trinajstić information content (AvgIpc) is 3.23. The summed E-state index contributed by atoms with van der Waals surface area (Å²) in [6.07, 6.45) is 6.04. The molecule has 0 heterocycles. The summed E-state index contributed by atoms with van der Waals surface area (Å²) >= 11 is 0. The van der Waals surface area contributed by atoms with Gasteiger partial charge in [0.05, 0.1) is 0 Å². The number of amides is 1. The third-order valence-corrected chi connectivity index (χ3v) is 5.00. The van der Waals surface area contributed by atoms with Gasteiger partial charge in [-0.3, -0.25) is 4.79 Å². The lowest BCUT2D eigenvalue weighted by Gasteiger charge is -2.29. The van der Waals surface area contributed by atoms with Crippen LogP contribution >= 0.6 is 0 Å². The van der Waals surface area contributed by atoms with Crippen LogP contribution in [-0.4, -0.2) is 24.5 Å². The van der Waals surface area contributed by atoms with Crippen molar-refractivity contribution in [2.45, 2.75) is 51.1 Å². The van der Waals surface area contributed by atoms with Crippen LogP contribution < -0.4 is 10.6 Å². The molecule has 2 aliphatic carbocycles. The van der Waals surface area contributed by atoms with Gasteiger partial charge in [-0.05, 0) is 62.6 Å². The second-order valence-electron chi connectivity index (χ2n) is 6.78. The molecule has 2 unspecified atom stereocenters. The van der Waals surface area contributed by atoms with Crippen molar-refractivity contribution in [3.8, 4) is 0 Å². The van der Waals surface area contributed by atoms with Crippen LogP contribution in [0.4, 0.5) is 0 Å². The number of hydrogen-bond donors (Lipinski definition) is 2. The van der Waals surface area contributed by atoms with Crippen molar-refractivity contribution >= 4 is 5.91 Å². The molecule has 1 aromatic carbocycles. The fourth-order valence-corrected chi connectivity index (χ4v) is 3.29. The molecular formula is C18H26N2O. The number of carbonyl (C=O) groups excluding carboxylic acids is 1. The molecule has 1 aromatic rings. The fourth-order valence-electron chi connectivity index (χ4n) is 3.29. The predicted octanol–water partition coefficient (Wildman–Crippen LogP) is 2.97. The minimum Gasteiger partial charge on any atom is -0.349 e. The smallest absolute Gasteiger partial charge is 0.251 e. The van der Waals surface area contributed by atoms with Crippen LogP contribution in [0.15, 0.2) is 30.3 Å². The Morgan fingerprint density at radius 2 is 1.81 bits per heavy atom. The summed E-state index contributed by atoms with van der Waals surface area (Å²) in [5.74, 6) is 1.75. The summed E-state index contributed by atoms with van der Waals surface area (Å²) in [5.41, 5.74) is 0.768. The molecule has 1 amide bonds. The van der Waals surface area contributed by atoms with Crippen LogP contribution in [0.25, 0.3) is 0 Å². The van der Waals surface area contributed by atoms with Gasteiger partial charge >= 0.3 is 0 Å². The first kappa shape index (κ1) is 14.6. The van der Waals surface area contributed by atoms with Crippen LogP contribution in [0, 0.1) is 11.8 Å². The van der Waals surface area contributed by atoms with Crippen molar-refractivity contribution in [1.29, 1.82) is 0 Å². The van der Waals surface area contributed by atoms with E-state index in [-0.39, 0.29) is 5.91 Å². The highest BCUT2D eigenvalue weighted by Gasteiger charge is 2.32. The van der Waals surface area contributed by atoms with Crippen molar-refractivity contribution in [2.75, 3.05) is 6.54 Å². The Balaban J connectivity index is 1.38. The third-order valence-electron chi connectivity index (χ3n) is 5.00. The maximum Gasteiger partial charge on any atom is 0.251 e. The lowest BCUT2D eigenvalue weighted by molar-refractivity contribution is 0.0922. The van der Waals surface area contributed by atoms with Gasteiger partial charge in [0.25, 0.3) is 5.91 Å². The highest BCUT2D eigenvalue weighted by atomic mass is 16.1. The molecule has 0 spiro atoms. The summed E-state index contributed by atoms with van der Waals surface area (Å²) in [4.78, 5) is 12.1. The molecule has 2 atom stereocenters. The number of benzene rings is 1. The van der Waals surface area contributed by atoms with E-state index in [1.165, 1.54) is 19.3 Å². The van der Waals surface area contributed by atoms with Crippen LogP contribution in [-0.2, 0) is 0 Å². The molecule has 21 heavy (non-hydrogen) atoms. The minimum atomic E-state index is 0.0731. The Labute approximate surface area is 127 Å². The Hall–Kier alpha value is -1.35. The molecule has 3 heteroatoms. The van der Waals surface area contributed by atoms with Gasteiger partial charge in [-0.15, -0.1) is 0 Å². The molecule has 3 rings (SSSR count). The van der Waals surface area contributed by atoms with Crippen molar-refractivity contribution in [2.24, 2.45) is 11.8 Å². The van der Waals surface area contributed by atoms with E-state index < -0.39 is 0 Å². The number of hydrogen-bond acceptors (Lipinski definition) is 2. The zero-order valence-corrected chi connectivity index (χ0v) is 12.8. The number of rotatable bonds is 5. The van der Waals surface area contributed by atoms with E-state index >= 15 is 0 Å². The van der Waals surface area contributed by atoms with Gasteiger partial charge in [0.1, 0.15) is 0 Å². The molecule has 0 aromatic heterocycles. The molecule has 2 fully saturated rings. The largest absolute Gasteiger partial charge is 0.349 e. The van der Waals surface area contributed by atoms with Crippen molar-refractivity contribution < 1.29 is 4.79 Å². The zero-order valence-electron chi connectivity index (χ0n) is 12.8. The normalized spacial score (nSPS) is 31.7. The molecular weight excluding hydrogens is 260 g/mol. The van der Waals surface area contributed by atoms with Crippen LogP contribution in [0.3, 0.4) is 0 Å². The van der Waals surface area contributed by atoms with Gasteiger partial charge in [-0.2, -0.15) is 0 Å². The summed E-state index contributed by atoms with van der Waals surface area (Å²) in [5, 5.41) is 6.85. The van der Waals surface area contributed by atoms with E-state index in [1.807, 2.05) is 30.3 Å². The predicted molar refractivity (Wildman–Crippen MR) is 85.2 cm³/mol. The van der Waals surface area contributed by atoms with Gasteiger partial charge < -0.3 is 10.6 Å². The standard InChI is InChI=1S/C18H26N2O/c1-13-11-17(13)19-12-14-7-9-16(10-8-14)20-18(21)15-5-3-2-4-6-15/h2-6,13-14,16-17,19H,7-12H2,1H3,(H,20,21). The molecule has 0 aliphatic heterocycles. The second kappa shape index (κ2) is 6.61. The maximum atomic E-state index is 12.1. The first-order valence-corrected chi connectivity index (χ1v) is 8.31. The third kappa shape index (κ3) is 4.07. The zero-order chi connectivity index (χ0) is 14.7. The van der Waals surface area contributed by atoms with Crippen LogP contribution in [0.2, 0.25) is 0 Å². The highest BCUT2D eigenvalue weighted by molar-refractivity contribution is 5.94. The lowest BCUT2D eigenvalue weighted by Crippen LogP contribution is -2.39. The van der Waals surface area contributed by atoms with Gasteiger partial charge in [0.2, 0.25) is 0 Å². The average molecular weight is 286 g/mol.